The number of aliphatic hydroxyl groups excluding tert-OH is 1. The molecule has 4 rings (SSSR count). The summed E-state index contributed by atoms with van der Waals surface area (Å²) in [6.45, 7) is 4.61. The van der Waals surface area contributed by atoms with Crippen LogP contribution in [0, 0.1) is 12.8 Å². The molecule has 6 heteroatoms. The number of fused-ring (bicyclic) bond motifs is 3. The number of aliphatic hydroxyl groups is 1. The largest absolute Gasteiger partial charge is 0.392 e. The van der Waals surface area contributed by atoms with E-state index in [0.29, 0.717) is 17.0 Å². The SMILES string of the molecule is Cc1ccc(CO)cc1S(=O)(=O)NC1CN2CCC1CC2. The molecule has 0 aliphatic carbocycles. The number of rotatable bonds is 4. The maximum atomic E-state index is 12.7. The zero-order chi connectivity index (χ0) is 15.0. The number of hydrogen-bond donors (Lipinski definition) is 2. The fourth-order valence-electron chi connectivity index (χ4n) is 3.39. The quantitative estimate of drug-likeness (QED) is 0.865. The van der Waals surface area contributed by atoms with E-state index in [1.807, 2.05) is 0 Å². The molecule has 1 atom stereocenters. The molecule has 1 aromatic rings. The molecule has 1 aromatic carbocycles. The lowest BCUT2D eigenvalue weighted by Crippen LogP contribution is -2.57. The van der Waals surface area contributed by atoms with Gasteiger partial charge in [0, 0.05) is 12.6 Å². The third-order valence-corrected chi connectivity index (χ3v) is 6.32. The summed E-state index contributed by atoms with van der Waals surface area (Å²) < 4.78 is 28.2. The highest BCUT2D eigenvalue weighted by molar-refractivity contribution is 7.89. The molecule has 21 heavy (non-hydrogen) atoms. The Morgan fingerprint density at radius 3 is 2.62 bits per heavy atom. The summed E-state index contributed by atoms with van der Waals surface area (Å²) in [5.41, 5.74) is 1.33. The Bertz CT molecular complexity index is 622. The van der Waals surface area contributed by atoms with E-state index in [1.165, 1.54) is 0 Å². The van der Waals surface area contributed by atoms with Gasteiger partial charge in [-0.3, -0.25) is 0 Å². The average molecular weight is 310 g/mol. The Hall–Kier alpha value is -0.950. The molecule has 5 nitrogen and oxygen atoms in total. The number of nitrogens with zero attached hydrogens (tertiary/aromatic N) is 1. The normalized spacial score (nSPS) is 28.8. The summed E-state index contributed by atoms with van der Waals surface area (Å²) in [6, 6.07) is 5.08. The third kappa shape index (κ3) is 2.99. The van der Waals surface area contributed by atoms with Gasteiger partial charge >= 0.3 is 0 Å². The number of hydrogen-bond acceptors (Lipinski definition) is 4. The highest BCUT2D eigenvalue weighted by atomic mass is 32.2. The standard InChI is InChI=1S/C15H22N2O3S/c1-11-2-3-12(10-18)8-15(11)21(19,20)16-14-9-17-6-4-13(14)5-7-17/h2-3,8,13-14,16,18H,4-7,9-10H2,1H3. The predicted octanol–water partition coefficient (Wildman–Crippen LogP) is 0.860. The van der Waals surface area contributed by atoms with Gasteiger partial charge in [0.05, 0.1) is 11.5 Å². The van der Waals surface area contributed by atoms with Crippen LogP contribution in [0.5, 0.6) is 0 Å². The summed E-state index contributed by atoms with van der Waals surface area (Å²) >= 11 is 0. The molecule has 1 unspecified atom stereocenters. The second kappa shape index (κ2) is 5.68. The van der Waals surface area contributed by atoms with Crippen molar-refractivity contribution in [3.8, 4) is 0 Å². The van der Waals surface area contributed by atoms with E-state index in [0.717, 1.165) is 32.5 Å². The van der Waals surface area contributed by atoms with Crippen LogP contribution in [-0.4, -0.2) is 44.1 Å². The maximum absolute atomic E-state index is 12.7. The number of nitrogens with one attached hydrogen (secondary N) is 1. The van der Waals surface area contributed by atoms with Gasteiger partial charge in [-0.15, -0.1) is 0 Å². The number of sulfonamides is 1. The van der Waals surface area contributed by atoms with Gasteiger partial charge in [-0.1, -0.05) is 12.1 Å². The van der Waals surface area contributed by atoms with Crippen molar-refractivity contribution < 1.29 is 13.5 Å². The molecule has 0 saturated carbocycles. The van der Waals surface area contributed by atoms with Crippen molar-refractivity contribution in [1.82, 2.24) is 9.62 Å². The highest BCUT2D eigenvalue weighted by Gasteiger charge is 2.36. The minimum Gasteiger partial charge on any atom is -0.392 e. The molecular weight excluding hydrogens is 288 g/mol. The number of piperidine rings is 3. The lowest BCUT2D eigenvalue weighted by Gasteiger charge is -2.44. The minimum atomic E-state index is -3.53. The van der Waals surface area contributed by atoms with Crippen LogP contribution in [-0.2, 0) is 16.6 Å². The smallest absolute Gasteiger partial charge is 0.241 e. The molecule has 3 heterocycles. The van der Waals surface area contributed by atoms with Crippen molar-refractivity contribution in [2.75, 3.05) is 19.6 Å². The molecule has 3 aliphatic heterocycles. The predicted molar refractivity (Wildman–Crippen MR) is 80.4 cm³/mol. The van der Waals surface area contributed by atoms with Gasteiger partial charge in [-0.05, 0) is 56.0 Å². The van der Waals surface area contributed by atoms with E-state index >= 15 is 0 Å². The molecular formula is C15H22N2O3S. The monoisotopic (exact) mass is 310 g/mol. The van der Waals surface area contributed by atoms with Gasteiger partial charge in [0.15, 0.2) is 0 Å². The summed E-state index contributed by atoms with van der Waals surface area (Å²) in [5, 5.41) is 9.20. The molecule has 0 amide bonds. The Labute approximate surface area is 126 Å². The van der Waals surface area contributed by atoms with E-state index in [-0.39, 0.29) is 17.5 Å². The first-order valence-electron chi connectivity index (χ1n) is 7.44. The van der Waals surface area contributed by atoms with Crippen LogP contribution < -0.4 is 4.72 Å². The molecule has 0 aromatic heterocycles. The summed E-state index contributed by atoms with van der Waals surface area (Å²) in [7, 11) is -3.53. The summed E-state index contributed by atoms with van der Waals surface area (Å²) in [6.07, 6.45) is 2.14. The lowest BCUT2D eigenvalue weighted by molar-refractivity contribution is 0.0827. The van der Waals surface area contributed by atoms with E-state index in [1.54, 1.807) is 25.1 Å². The Balaban J connectivity index is 1.84. The molecule has 116 valence electrons. The fourth-order valence-corrected chi connectivity index (χ4v) is 4.98. The number of benzene rings is 1. The number of aryl methyl sites for hydroxylation is 1. The first-order chi connectivity index (χ1) is 9.99. The first kappa shape index (κ1) is 15.0. The van der Waals surface area contributed by atoms with Gasteiger partial charge in [0.25, 0.3) is 0 Å². The first-order valence-corrected chi connectivity index (χ1v) is 8.93. The van der Waals surface area contributed by atoms with E-state index in [9.17, 15) is 13.5 Å². The van der Waals surface area contributed by atoms with Crippen molar-refractivity contribution >= 4 is 10.0 Å². The van der Waals surface area contributed by atoms with Crippen LogP contribution >= 0.6 is 0 Å². The summed E-state index contributed by atoms with van der Waals surface area (Å²) in [4.78, 5) is 2.61. The van der Waals surface area contributed by atoms with Gasteiger partial charge < -0.3 is 10.0 Å². The van der Waals surface area contributed by atoms with Crippen LogP contribution in [0.3, 0.4) is 0 Å². The molecule has 3 fully saturated rings. The molecule has 3 aliphatic rings. The Morgan fingerprint density at radius 1 is 1.33 bits per heavy atom. The van der Waals surface area contributed by atoms with Crippen molar-refractivity contribution in [2.24, 2.45) is 5.92 Å². The van der Waals surface area contributed by atoms with E-state index in [4.69, 9.17) is 0 Å². The highest BCUT2D eigenvalue weighted by Crippen LogP contribution is 2.29. The summed E-state index contributed by atoms with van der Waals surface area (Å²) in [5.74, 6) is 0.450. The van der Waals surface area contributed by atoms with Crippen LogP contribution in [0.25, 0.3) is 0 Å². The minimum absolute atomic E-state index is 0.00897. The Morgan fingerprint density at radius 2 is 2.05 bits per heavy atom. The van der Waals surface area contributed by atoms with Crippen molar-refractivity contribution in [3.05, 3.63) is 29.3 Å². The van der Waals surface area contributed by atoms with Crippen LogP contribution in [0.2, 0.25) is 0 Å². The van der Waals surface area contributed by atoms with Gasteiger partial charge in [-0.25, -0.2) is 13.1 Å². The van der Waals surface area contributed by atoms with Crippen LogP contribution in [0.15, 0.2) is 23.1 Å². The molecule has 0 spiro atoms. The molecule has 2 bridgehead atoms. The molecule has 3 saturated heterocycles. The third-order valence-electron chi connectivity index (χ3n) is 4.69. The average Bonchev–Trinajstić information content (AvgIpc) is 2.48. The Kier molecular flexibility index (Phi) is 4.05. The van der Waals surface area contributed by atoms with E-state index < -0.39 is 10.0 Å². The zero-order valence-corrected chi connectivity index (χ0v) is 13.1. The second-order valence-electron chi connectivity index (χ2n) is 6.12. The van der Waals surface area contributed by atoms with Gasteiger partial charge in [0.2, 0.25) is 10.0 Å². The lowest BCUT2D eigenvalue weighted by atomic mass is 9.85. The van der Waals surface area contributed by atoms with Crippen molar-refractivity contribution in [3.63, 3.8) is 0 Å². The second-order valence-corrected chi connectivity index (χ2v) is 7.81. The van der Waals surface area contributed by atoms with Gasteiger partial charge in [0.1, 0.15) is 0 Å². The van der Waals surface area contributed by atoms with Crippen LogP contribution in [0.1, 0.15) is 24.0 Å². The molecule has 0 radical (unpaired) electrons. The maximum Gasteiger partial charge on any atom is 0.241 e. The topological polar surface area (TPSA) is 69.6 Å². The van der Waals surface area contributed by atoms with Crippen LogP contribution in [0.4, 0.5) is 0 Å². The van der Waals surface area contributed by atoms with E-state index in [2.05, 4.69) is 9.62 Å². The zero-order valence-electron chi connectivity index (χ0n) is 12.2. The fraction of sp³-hybridized carbons (Fsp3) is 0.600. The van der Waals surface area contributed by atoms with Crippen molar-refractivity contribution in [1.29, 1.82) is 0 Å². The molecule has 2 N–H and O–H groups in total. The van der Waals surface area contributed by atoms with Gasteiger partial charge in [-0.2, -0.15) is 0 Å². The van der Waals surface area contributed by atoms with Crippen molar-refractivity contribution in [2.45, 2.75) is 37.3 Å².